The third-order valence-electron chi connectivity index (χ3n) is 2.44. The molecule has 0 saturated carbocycles. The van der Waals surface area contributed by atoms with Gasteiger partial charge < -0.3 is 15.8 Å². The highest BCUT2D eigenvalue weighted by Gasteiger charge is 2.11. The van der Waals surface area contributed by atoms with E-state index >= 15 is 0 Å². The summed E-state index contributed by atoms with van der Waals surface area (Å²) >= 11 is 0. The highest BCUT2D eigenvalue weighted by atomic mass is 19.1. The largest absolute Gasteiger partial charge is 0.481 e. The first-order valence-corrected chi connectivity index (χ1v) is 6.43. The molecule has 116 valence electrons. The van der Waals surface area contributed by atoms with Gasteiger partial charge in [-0.05, 0) is 38.5 Å². The van der Waals surface area contributed by atoms with E-state index in [0.717, 1.165) is 5.56 Å². The number of nitrogens with one attached hydrogen (secondary N) is 2. The van der Waals surface area contributed by atoms with Gasteiger partial charge in [0.05, 0.1) is 0 Å². The quantitative estimate of drug-likeness (QED) is 0.763. The van der Waals surface area contributed by atoms with E-state index in [1.54, 1.807) is 6.07 Å². The molecule has 0 aliphatic heterocycles. The predicted molar refractivity (Wildman–Crippen MR) is 76.2 cm³/mol. The first-order chi connectivity index (χ1) is 9.67. The maximum atomic E-state index is 13.8. The molecule has 0 spiro atoms. The van der Waals surface area contributed by atoms with Crippen molar-refractivity contribution in [1.29, 1.82) is 0 Å². The van der Waals surface area contributed by atoms with E-state index < -0.39 is 24.4 Å². The van der Waals surface area contributed by atoms with Gasteiger partial charge in [-0.2, -0.15) is 0 Å². The molecule has 3 amide bonds. The van der Waals surface area contributed by atoms with Crippen molar-refractivity contribution in [3.05, 3.63) is 29.6 Å². The average Bonchev–Trinajstić information content (AvgIpc) is 2.33. The second-order valence-electron chi connectivity index (χ2n) is 5.57. The van der Waals surface area contributed by atoms with Crippen LogP contribution in [0.1, 0.15) is 26.3 Å². The summed E-state index contributed by atoms with van der Waals surface area (Å²) in [6.45, 7) is 6.07. The molecule has 0 aliphatic rings. The fourth-order valence-corrected chi connectivity index (χ4v) is 1.46. The molecule has 0 aromatic heterocycles. The number of amides is 3. The van der Waals surface area contributed by atoms with Gasteiger partial charge in [-0.1, -0.05) is 6.07 Å². The molecule has 4 N–H and O–H groups in total. The lowest BCUT2D eigenvalue weighted by atomic mass is 10.1. The second kappa shape index (κ2) is 7.03. The topological polar surface area (TPSA) is 93.4 Å². The van der Waals surface area contributed by atoms with Crippen molar-refractivity contribution in [2.75, 3.05) is 6.61 Å². The van der Waals surface area contributed by atoms with Crippen LogP contribution < -0.4 is 21.1 Å². The van der Waals surface area contributed by atoms with Gasteiger partial charge in [0.15, 0.2) is 18.2 Å². The van der Waals surface area contributed by atoms with Gasteiger partial charge >= 0.3 is 6.03 Å². The number of carbonyl (C=O) groups is 2. The van der Waals surface area contributed by atoms with Crippen LogP contribution in [0.2, 0.25) is 0 Å². The molecule has 1 rings (SSSR count). The normalized spacial score (nSPS) is 11.0. The summed E-state index contributed by atoms with van der Waals surface area (Å²) in [4.78, 5) is 21.6. The number of imide groups is 1. The number of urea groups is 1. The van der Waals surface area contributed by atoms with Crippen molar-refractivity contribution in [1.82, 2.24) is 10.6 Å². The zero-order chi connectivity index (χ0) is 16.0. The van der Waals surface area contributed by atoms with E-state index in [4.69, 9.17) is 10.5 Å². The molecule has 0 saturated heterocycles. The number of rotatable bonds is 5. The Balaban J connectivity index is 2.58. The Labute approximate surface area is 122 Å². The van der Waals surface area contributed by atoms with Crippen LogP contribution in [-0.4, -0.2) is 24.1 Å². The standard InChI is InChI=1S/C14H20FN3O3/c1-14(2,3)17-7-9-4-5-11(10(15)6-9)21-8-12(19)18-13(16)20/h4-6,17H,7-8H2,1-3H3,(H3,16,18,19,20). The zero-order valence-electron chi connectivity index (χ0n) is 12.3. The smallest absolute Gasteiger partial charge is 0.318 e. The summed E-state index contributed by atoms with van der Waals surface area (Å²) in [5.41, 5.74) is 5.46. The minimum atomic E-state index is -0.979. The van der Waals surface area contributed by atoms with Crippen molar-refractivity contribution in [3.63, 3.8) is 0 Å². The van der Waals surface area contributed by atoms with Gasteiger partial charge in [-0.15, -0.1) is 0 Å². The number of halogens is 1. The van der Waals surface area contributed by atoms with E-state index in [-0.39, 0.29) is 11.3 Å². The van der Waals surface area contributed by atoms with Crippen molar-refractivity contribution >= 4 is 11.9 Å². The van der Waals surface area contributed by atoms with Crippen molar-refractivity contribution in [2.24, 2.45) is 5.73 Å². The third kappa shape index (κ3) is 6.71. The van der Waals surface area contributed by atoms with Crippen LogP contribution in [0.5, 0.6) is 5.75 Å². The SMILES string of the molecule is CC(C)(C)NCc1ccc(OCC(=O)NC(N)=O)c(F)c1. The molecule has 0 atom stereocenters. The molecule has 0 aliphatic carbocycles. The summed E-state index contributed by atoms with van der Waals surface area (Å²) in [7, 11) is 0. The van der Waals surface area contributed by atoms with Crippen LogP contribution in [0.15, 0.2) is 18.2 Å². The van der Waals surface area contributed by atoms with Gasteiger partial charge in [-0.25, -0.2) is 9.18 Å². The minimum Gasteiger partial charge on any atom is -0.481 e. The van der Waals surface area contributed by atoms with Gasteiger partial charge in [0.2, 0.25) is 0 Å². The molecular weight excluding hydrogens is 277 g/mol. The second-order valence-corrected chi connectivity index (χ2v) is 5.57. The predicted octanol–water partition coefficient (Wildman–Crippen LogP) is 1.29. The first kappa shape index (κ1) is 16.9. The van der Waals surface area contributed by atoms with E-state index in [1.807, 2.05) is 26.1 Å². The molecule has 1 aromatic carbocycles. The lowest BCUT2D eigenvalue weighted by Gasteiger charge is -2.20. The fraction of sp³-hybridized carbons (Fsp3) is 0.429. The number of nitrogens with two attached hydrogens (primary N) is 1. The lowest BCUT2D eigenvalue weighted by Crippen LogP contribution is -2.38. The molecule has 0 heterocycles. The Hall–Kier alpha value is -2.15. The Morgan fingerprint density at radius 1 is 1.33 bits per heavy atom. The van der Waals surface area contributed by atoms with Crippen LogP contribution in [-0.2, 0) is 11.3 Å². The molecule has 0 unspecified atom stereocenters. The zero-order valence-corrected chi connectivity index (χ0v) is 12.3. The number of hydrogen-bond acceptors (Lipinski definition) is 4. The van der Waals surface area contributed by atoms with Crippen LogP contribution in [0.4, 0.5) is 9.18 Å². The summed E-state index contributed by atoms with van der Waals surface area (Å²) in [5, 5.41) is 5.06. The molecule has 1 aromatic rings. The van der Waals surface area contributed by atoms with Gasteiger partial charge in [0.1, 0.15) is 0 Å². The van der Waals surface area contributed by atoms with Crippen LogP contribution in [0.25, 0.3) is 0 Å². The summed E-state index contributed by atoms with van der Waals surface area (Å²) in [6, 6.07) is 3.49. The Morgan fingerprint density at radius 2 is 2.00 bits per heavy atom. The Kier molecular flexibility index (Phi) is 5.66. The Bertz CT molecular complexity index is 527. The van der Waals surface area contributed by atoms with Crippen LogP contribution in [0, 0.1) is 5.82 Å². The van der Waals surface area contributed by atoms with Crippen LogP contribution in [0.3, 0.4) is 0 Å². The van der Waals surface area contributed by atoms with Gasteiger partial charge in [0, 0.05) is 12.1 Å². The third-order valence-corrected chi connectivity index (χ3v) is 2.44. The van der Waals surface area contributed by atoms with E-state index in [1.165, 1.54) is 12.1 Å². The molecule has 0 bridgehead atoms. The maximum Gasteiger partial charge on any atom is 0.318 e. The number of ether oxygens (including phenoxy) is 1. The van der Waals surface area contributed by atoms with Crippen LogP contribution >= 0.6 is 0 Å². The summed E-state index contributed by atoms with van der Waals surface area (Å²) in [6.07, 6.45) is 0. The minimum absolute atomic E-state index is 0.0610. The number of carbonyl (C=O) groups excluding carboxylic acids is 2. The highest BCUT2D eigenvalue weighted by Crippen LogP contribution is 2.18. The number of hydrogen-bond donors (Lipinski definition) is 3. The van der Waals surface area contributed by atoms with Gasteiger partial charge in [-0.3, -0.25) is 10.1 Å². The van der Waals surface area contributed by atoms with Gasteiger partial charge in [0.25, 0.3) is 5.91 Å². The molecule has 0 radical (unpaired) electrons. The molecule has 7 heteroatoms. The lowest BCUT2D eigenvalue weighted by molar-refractivity contribution is -0.121. The van der Waals surface area contributed by atoms with Crippen molar-refractivity contribution < 1.29 is 18.7 Å². The summed E-state index contributed by atoms with van der Waals surface area (Å²) < 4.78 is 18.8. The summed E-state index contributed by atoms with van der Waals surface area (Å²) in [5.74, 6) is -1.37. The van der Waals surface area contributed by atoms with E-state index in [9.17, 15) is 14.0 Å². The van der Waals surface area contributed by atoms with Crippen molar-refractivity contribution in [2.45, 2.75) is 32.9 Å². The number of benzene rings is 1. The highest BCUT2D eigenvalue weighted by molar-refractivity contribution is 5.94. The number of primary amides is 1. The van der Waals surface area contributed by atoms with E-state index in [0.29, 0.717) is 6.54 Å². The molecular formula is C14H20FN3O3. The molecule has 21 heavy (non-hydrogen) atoms. The van der Waals surface area contributed by atoms with Crippen molar-refractivity contribution in [3.8, 4) is 5.75 Å². The average molecular weight is 297 g/mol. The van der Waals surface area contributed by atoms with E-state index in [2.05, 4.69) is 5.32 Å². The Morgan fingerprint density at radius 3 is 2.52 bits per heavy atom. The first-order valence-electron chi connectivity index (χ1n) is 6.43. The monoisotopic (exact) mass is 297 g/mol. The molecule has 0 fully saturated rings. The maximum absolute atomic E-state index is 13.8. The molecule has 6 nitrogen and oxygen atoms in total. The fourth-order valence-electron chi connectivity index (χ4n) is 1.46.